The Morgan fingerprint density at radius 1 is 1.36 bits per heavy atom. The van der Waals surface area contributed by atoms with Gasteiger partial charge in [-0.15, -0.1) is 12.4 Å². The zero-order valence-corrected chi connectivity index (χ0v) is 13.7. The molecule has 1 atom stereocenters. The van der Waals surface area contributed by atoms with E-state index in [9.17, 15) is 8.78 Å². The zero-order chi connectivity index (χ0) is 15.2. The van der Waals surface area contributed by atoms with E-state index < -0.39 is 6.61 Å². The van der Waals surface area contributed by atoms with Gasteiger partial charge in [0.1, 0.15) is 0 Å². The molecule has 1 fully saturated rings. The molecule has 0 saturated carbocycles. The van der Waals surface area contributed by atoms with E-state index in [-0.39, 0.29) is 18.2 Å². The highest BCUT2D eigenvalue weighted by Crippen LogP contribution is 2.30. The van der Waals surface area contributed by atoms with E-state index in [4.69, 9.17) is 4.74 Å². The van der Waals surface area contributed by atoms with Crippen molar-refractivity contribution < 1.29 is 18.3 Å². The summed E-state index contributed by atoms with van der Waals surface area (Å²) in [6.45, 7) is -0.145. The zero-order valence-electron chi connectivity index (χ0n) is 12.9. The number of halogens is 3. The minimum atomic E-state index is -2.85. The number of nitrogens with one attached hydrogen (secondary N) is 1. The van der Waals surface area contributed by atoms with Gasteiger partial charge in [-0.25, -0.2) is 0 Å². The maximum atomic E-state index is 12.4. The van der Waals surface area contributed by atoms with Crippen molar-refractivity contribution in [2.75, 3.05) is 27.2 Å². The first-order valence-electron chi connectivity index (χ1n) is 7.14. The number of nitrogens with zero attached hydrogens (tertiary/aromatic N) is 1. The summed E-state index contributed by atoms with van der Waals surface area (Å²) in [7, 11) is 3.38. The molecule has 0 amide bonds. The van der Waals surface area contributed by atoms with Gasteiger partial charge in [0.25, 0.3) is 0 Å². The van der Waals surface area contributed by atoms with Crippen molar-refractivity contribution >= 4 is 12.4 Å². The van der Waals surface area contributed by atoms with Crippen molar-refractivity contribution in [3.63, 3.8) is 0 Å². The molecule has 22 heavy (non-hydrogen) atoms. The summed E-state index contributed by atoms with van der Waals surface area (Å²) in [4.78, 5) is 2.37. The number of ether oxygens (including phenoxy) is 2. The highest BCUT2D eigenvalue weighted by atomic mass is 35.5. The third kappa shape index (κ3) is 4.97. The Bertz CT molecular complexity index is 463. The highest BCUT2D eigenvalue weighted by Gasteiger charge is 2.24. The fourth-order valence-corrected chi connectivity index (χ4v) is 2.81. The summed E-state index contributed by atoms with van der Waals surface area (Å²) in [5.41, 5.74) is 0.953. The van der Waals surface area contributed by atoms with Gasteiger partial charge in [-0.3, -0.25) is 4.90 Å². The summed E-state index contributed by atoms with van der Waals surface area (Å²) in [5, 5.41) is 3.20. The van der Waals surface area contributed by atoms with Crippen LogP contribution in [0.15, 0.2) is 18.2 Å². The standard InChI is InChI=1S/C15H22F2N2O2.ClH/c1-18-9-12-4-3-7-19(12)10-11-5-6-13(20-2)14(8-11)21-15(16)17;/h5-6,8,12,15,18H,3-4,7,9-10H2,1-2H3;1H. The predicted molar refractivity (Wildman–Crippen MR) is 84.2 cm³/mol. The lowest BCUT2D eigenvalue weighted by Gasteiger charge is -2.24. The second-order valence-corrected chi connectivity index (χ2v) is 5.19. The Kier molecular flexibility index (Phi) is 7.85. The van der Waals surface area contributed by atoms with Crippen molar-refractivity contribution in [2.24, 2.45) is 0 Å². The van der Waals surface area contributed by atoms with Gasteiger partial charge in [-0.2, -0.15) is 8.78 Å². The quantitative estimate of drug-likeness (QED) is 0.830. The predicted octanol–water partition coefficient (Wildman–Crippen LogP) is 2.90. The molecule has 1 aliphatic heterocycles. The highest BCUT2D eigenvalue weighted by molar-refractivity contribution is 5.85. The summed E-state index contributed by atoms with van der Waals surface area (Å²) in [6, 6.07) is 5.71. The van der Waals surface area contributed by atoms with Crippen LogP contribution >= 0.6 is 12.4 Å². The van der Waals surface area contributed by atoms with Gasteiger partial charge < -0.3 is 14.8 Å². The molecule has 1 aliphatic rings. The molecule has 126 valence electrons. The SMILES string of the molecule is CNCC1CCCN1Cc1ccc(OC)c(OC(F)F)c1.Cl. The molecule has 1 aromatic rings. The molecule has 2 rings (SSSR count). The summed E-state index contributed by atoms with van der Waals surface area (Å²) in [5.74, 6) is 0.418. The van der Waals surface area contributed by atoms with Crippen LogP contribution in [0, 0.1) is 0 Å². The molecular formula is C15H23ClF2N2O2. The molecule has 1 saturated heterocycles. The van der Waals surface area contributed by atoms with Crippen molar-refractivity contribution in [1.82, 2.24) is 10.2 Å². The minimum Gasteiger partial charge on any atom is -0.493 e. The summed E-state index contributed by atoms with van der Waals surface area (Å²) in [6.07, 6.45) is 2.33. The maximum Gasteiger partial charge on any atom is 0.387 e. The minimum absolute atomic E-state index is 0. The van der Waals surface area contributed by atoms with E-state index in [1.807, 2.05) is 13.1 Å². The van der Waals surface area contributed by atoms with Crippen molar-refractivity contribution in [3.8, 4) is 11.5 Å². The Hall–Kier alpha value is -1.11. The molecule has 0 spiro atoms. The number of alkyl halides is 2. The van der Waals surface area contributed by atoms with Crippen LogP contribution in [0.4, 0.5) is 8.78 Å². The molecule has 1 aromatic carbocycles. The lowest BCUT2D eigenvalue weighted by molar-refractivity contribution is -0.0512. The van der Waals surface area contributed by atoms with Gasteiger partial charge in [0.15, 0.2) is 11.5 Å². The van der Waals surface area contributed by atoms with E-state index in [2.05, 4.69) is 15.0 Å². The van der Waals surface area contributed by atoms with Crippen LogP contribution in [0.1, 0.15) is 18.4 Å². The molecule has 1 unspecified atom stereocenters. The number of benzene rings is 1. The Balaban J connectivity index is 0.00000242. The van der Waals surface area contributed by atoms with Gasteiger partial charge in [-0.05, 0) is 44.1 Å². The van der Waals surface area contributed by atoms with Crippen molar-refractivity contribution in [3.05, 3.63) is 23.8 Å². The second-order valence-electron chi connectivity index (χ2n) is 5.19. The number of hydrogen-bond donors (Lipinski definition) is 1. The van der Waals surface area contributed by atoms with Crippen molar-refractivity contribution in [2.45, 2.75) is 32.0 Å². The van der Waals surface area contributed by atoms with Crippen LogP contribution in [0.25, 0.3) is 0 Å². The van der Waals surface area contributed by atoms with Gasteiger partial charge in [0, 0.05) is 19.1 Å². The largest absolute Gasteiger partial charge is 0.493 e. The fraction of sp³-hybridized carbons (Fsp3) is 0.600. The van der Waals surface area contributed by atoms with Gasteiger partial charge >= 0.3 is 6.61 Å². The number of methoxy groups -OCH3 is 1. The van der Waals surface area contributed by atoms with Gasteiger partial charge in [-0.1, -0.05) is 6.07 Å². The monoisotopic (exact) mass is 336 g/mol. The lowest BCUT2D eigenvalue weighted by Crippen LogP contribution is -2.36. The molecule has 1 N–H and O–H groups in total. The van der Waals surface area contributed by atoms with Crippen LogP contribution in [0.3, 0.4) is 0 Å². The Morgan fingerprint density at radius 3 is 2.77 bits per heavy atom. The molecule has 4 nitrogen and oxygen atoms in total. The summed E-state index contributed by atoms with van der Waals surface area (Å²) < 4.78 is 34.5. The third-order valence-corrected chi connectivity index (χ3v) is 3.77. The average Bonchev–Trinajstić information content (AvgIpc) is 2.86. The van der Waals surface area contributed by atoms with Crippen LogP contribution in [-0.2, 0) is 6.54 Å². The molecule has 0 bridgehead atoms. The van der Waals surface area contributed by atoms with E-state index >= 15 is 0 Å². The Morgan fingerprint density at radius 2 is 2.14 bits per heavy atom. The maximum absolute atomic E-state index is 12.4. The molecule has 0 aromatic heterocycles. The molecule has 0 aliphatic carbocycles. The van der Waals surface area contributed by atoms with Crippen molar-refractivity contribution in [1.29, 1.82) is 0 Å². The molecular weight excluding hydrogens is 314 g/mol. The van der Waals surface area contributed by atoms with Crippen LogP contribution in [-0.4, -0.2) is 44.8 Å². The first-order valence-corrected chi connectivity index (χ1v) is 7.14. The lowest BCUT2D eigenvalue weighted by atomic mass is 10.1. The Labute approximate surface area is 136 Å². The molecule has 0 radical (unpaired) electrons. The number of rotatable bonds is 7. The third-order valence-electron chi connectivity index (χ3n) is 3.77. The smallest absolute Gasteiger partial charge is 0.387 e. The van der Waals surface area contributed by atoms with Crippen LogP contribution in [0.5, 0.6) is 11.5 Å². The van der Waals surface area contributed by atoms with E-state index in [1.165, 1.54) is 13.5 Å². The van der Waals surface area contributed by atoms with Crippen LogP contribution in [0.2, 0.25) is 0 Å². The topological polar surface area (TPSA) is 33.7 Å². The summed E-state index contributed by atoms with van der Waals surface area (Å²) >= 11 is 0. The fourth-order valence-electron chi connectivity index (χ4n) is 2.81. The first kappa shape index (κ1) is 18.9. The van der Waals surface area contributed by atoms with Gasteiger partial charge in [0.2, 0.25) is 0 Å². The average molecular weight is 337 g/mol. The first-order chi connectivity index (χ1) is 10.1. The van der Waals surface area contributed by atoms with E-state index in [1.54, 1.807) is 12.1 Å². The van der Waals surface area contributed by atoms with E-state index in [0.29, 0.717) is 11.8 Å². The van der Waals surface area contributed by atoms with Gasteiger partial charge in [0.05, 0.1) is 7.11 Å². The number of likely N-dealkylation sites (tertiary alicyclic amines) is 1. The number of hydrogen-bond acceptors (Lipinski definition) is 4. The molecule has 7 heteroatoms. The number of likely N-dealkylation sites (N-methyl/N-ethyl adjacent to an activating group) is 1. The molecule has 1 heterocycles. The van der Waals surface area contributed by atoms with E-state index in [0.717, 1.165) is 31.6 Å². The van der Waals surface area contributed by atoms with Crippen LogP contribution < -0.4 is 14.8 Å². The second kappa shape index (κ2) is 9.12. The normalized spacial score (nSPS) is 18.3.